The van der Waals surface area contributed by atoms with Gasteiger partial charge in [-0.3, -0.25) is 0 Å². The van der Waals surface area contributed by atoms with Crippen LogP contribution in [0, 0.1) is 10.1 Å². The lowest BCUT2D eigenvalue weighted by Crippen LogP contribution is -2.03. The summed E-state index contributed by atoms with van der Waals surface area (Å²) in [4.78, 5) is 8.36. The largest absolute Gasteiger partial charge is 0.396 e. The quantitative estimate of drug-likeness (QED) is 0.663. The maximum absolute atomic E-state index is 9.16. The Kier molecular flexibility index (Phi) is 6.78. The van der Waals surface area contributed by atoms with E-state index in [1.54, 1.807) is 0 Å². The van der Waals surface area contributed by atoms with Gasteiger partial charge in [-0.25, -0.2) is 0 Å². The molecule has 2 aromatic carbocycles. The molecule has 0 heterocycles. The fraction of sp³-hybridized carbons (Fsp3) is 0.200. The summed E-state index contributed by atoms with van der Waals surface area (Å²) in [6, 6.07) is 20.7. The topological polar surface area (TPSA) is 83.6 Å². The first kappa shape index (κ1) is 15.7. The van der Waals surface area contributed by atoms with Crippen molar-refractivity contribution in [3.05, 3.63) is 81.9 Å². The maximum Gasteiger partial charge on any atom is 0.291 e. The molecule has 0 unspecified atom stereocenters. The summed E-state index contributed by atoms with van der Waals surface area (Å²) >= 11 is 0. The molecule has 106 valence electrons. The third kappa shape index (κ3) is 5.49. The maximum atomic E-state index is 9.16. The number of rotatable bonds is 4. The van der Waals surface area contributed by atoms with Gasteiger partial charge < -0.3 is 10.3 Å². The zero-order valence-electron chi connectivity index (χ0n) is 10.9. The van der Waals surface area contributed by atoms with Gasteiger partial charge in [0.05, 0.1) is 0 Å². The normalized spacial score (nSPS) is 9.70. The van der Waals surface area contributed by atoms with E-state index in [0.717, 1.165) is 6.42 Å². The lowest BCUT2D eigenvalue weighted by Gasteiger charge is -2.16. The highest BCUT2D eigenvalue weighted by Gasteiger charge is 2.12. The van der Waals surface area contributed by atoms with E-state index in [2.05, 4.69) is 24.3 Å². The van der Waals surface area contributed by atoms with Crippen LogP contribution in [0.5, 0.6) is 0 Å². The van der Waals surface area contributed by atoms with Crippen molar-refractivity contribution >= 4 is 0 Å². The molecule has 2 N–H and O–H groups in total. The van der Waals surface area contributed by atoms with Gasteiger partial charge in [-0.05, 0) is 17.5 Å². The zero-order chi connectivity index (χ0) is 14.8. The second kappa shape index (κ2) is 8.66. The van der Waals surface area contributed by atoms with Gasteiger partial charge in [0, 0.05) is 12.5 Å². The molecular formula is C15H17NO4. The molecule has 0 radical (unpaired) electrons. The number of aliphatic hydroxyl groups excluding tert-OH is 1. The van der Waals surface area contributed by atoms with Crippen molar-refractivity contribution in [3.8, 4) is 0 Å². The Hall–Kier alpha value is -2.40. The molecule has 0 amide bonds. The van der Waals surface area contributed by atoms with Crippen LogP contribution in [0.1, 0.15) is 23.5 Å². The molecule has 0 saturated carbocycles. The van der Waals surface area contributed by atoms with Gasteiger partial charge in [0.25, 0.3) is 5.09 Å². The van der Waals surface area contributed by atoms with Gasteiger partial charge in [0.15, 0.2) is 0 Å². The summed E-state index contributed by atoms with van der Waals surface area (Å²) in [5.74, 6) is 0.299. The second-order valence-corrected chi connectivity index (χ2v) is 4.12. The van der Waals surface area contributed by atoms with Crippen LogP contribution in [0.15, 0.2) is 60.7 Å². The van der Waals surface area contributed by atoms with Crippen LogP contribution in [0.4, 0.5) is 0 Å². The minimum absolute atomic E-state index is 0.217. The Balaban J connectivity index is 0.000000444. The van der Waals surface area contributed by atoms with Crippen molar-refractivity contribution in [2.24, 2.45) is 0 Å². The van der Waals surface area contributed by atoms with E-state index in [0.29, 0.717) is 5.92 Å². The molecule has 0 bridgehead atoms. The Morgan fingerprint density at radius 1 is 0.950 bits per heavy atom. The summed E-state index contributed by atoms with van der Waals surface area (Å²) < 4.78 is 0. The van der Waals surface area contributed by atoms with E-state index in [4.69, 9.17) is 20.4 Å². The molecule has 2 aromatic rings. The molecule has 5 heteroatoms. The third-order valence-electron chi connectivity index (χ3n) is 2.82. The van der Waals surface area contributed by atoms with Gasteiger partial charge in [0.1, 0.15) is 0 Å². The minimum atomic E-state index is -1.50. The van der Waals surface area contributed by atoms with Crippen molar-refractivity contribution in [2.45, 2.75) is 12.3 Å². The van der Waals surface area contributed by atoms with E-state index in [1.807, 2.05) is 36.4 Å². The van der Waals surface area contributed by atoms with Crippen molar-refractivity contribution in [3.63, 3.8) is 0 Å². The minimum Gasteiger partial charge on any atom is -0.396 e. The molecule has 0 aliphatic heterocycles. The predicted octanol–water partition coefficient (Wildman–Crippen LogP) is 2.85. The highest BCUT2D eigenvalue weighted by atomic mass is 16.9. The molecule has 0 aromatic heterocycles. The molecule has 0 saturated heterocycles. The highest BCUT2D eigenvalue weighted by molar-refractivity contribution is 5.32. The summed E-state index contributed by atoms with van der Waals surface area (Å²) in [6.07, 6.45) is 0.772. The van der Waals surface area contributed by atoms with Gasteiger partial charge in [-0.2, -0.15) is 0 Å². The number of hydrogen-bond acceptors (Lipinski definition) is 3. The first-order valence-corrected chi connectivity index (χ1v) is 6.19. The van der Waals surface area contributed by atoms with Crippen molar-refractivity contribution < 1.29 is 15.4 Å². The van der Waals surface area contributed by atoms with Crippen LogP contribution >= 0.6 is 0 Å². The third-order valence-corrected chi connectivity index (χ3v) is 2.82. The van der Waals surface area contributed by atoms with Gasteiger partial charge in [-0.1, -0.05) is 60.7 Å². The summed E-state index contributed by atoms with van der Waals surface area (Å²) in [6.45, 7) is 0.217. The average Bonchev–Trinajstić information content (AvgIpc) is 2.46. The standard InChI is InChI=1S/C15H16O.HNO3/c16-12-11-15(13-7-3-1-4-8-13)14-9-5-2-6-10-14;2-1(3)4/h1-10,15-16H,11-12H2;(H,2,3,4). The van der Waals surface area contributed by atoms with Gasteiger partial charge >= 0.3 is 0 Å². The summed E-state index contributed by atoms with van der Waals surface area (Å²) in [5, 5.41) is 22.8. The molecule has 0 fully saturated rings. The van der Waals surface area contributed by atoms with E-state index in [-0.39, 0.29) is 6.61 Å². The van der Waals surface area contributed by atoms with E-state index < -0.39 is 5.09 Å². The van der Waals surface area contributed by atoms with Crippen LogP contribution in [-0.2, 0) is 0 Å². The molecule has 0 spiro atoms. The highest BCUT2D eigenvalue weighted by Crippen LogP contribution is 2.27. The smallest absolute Gasteiger partial charge is 0.291 e. The van der Waals surface area contributed by atoms with Crippen molar-refractivity contribution in [1.82, 2.24) is 0 Å². The van der Waals surface area contributed by atoms with E-state index in [9.17, 15) is 0 Å². The molecule has 5 nitrogen and oxygen atoms in total. The molecule has 0 aliphatic rings. The monoisotopic (exact) mass is 275 g/mol. The lowest BCUT2D eigenvalue weighted by atomic mass is 9.89. The predicted molar refractivity (Wildman–Crippen MR) is 75.2 cm³/mol. The number of aliphatic hydroxyl groups is 1. The van der Waals surface area contributed by atoms with E-state index >= 15 is 0 Å². The van der Waals surface area contributed by atoms with Crippen LogP contribution in [-0.4, -0.2) is 22.0 Å². The average molecular weight is 275 g/mol. The lowest BCUT2D eigenvalue weighted by molar-refractivity contribution is -0.742. The molecule has 0 atom stereocenters. The van der Waals surface area contributed by atoms with Crippen LogP contribution in [0.2, 0.25) is 0 Å². The molecular weight excluding hydrogens is 258 g/mol. The Morgan fingerprint density at radius 2 is 1.30 bits per heavy atom. The molecule has 0 aliphatic carbocycles. The molecule has 20 heavy (non-hydrogen) atoms. The van der Waals surface area contributed by atoms with E-state index in [1.165, 1.54) is 11.1 Å². The number of benzene rings is 2. The number of nitrogens with zero attached hydrogens (tertiary/aromatic N) is 1. The zero-order valence-corrected chi connectivity index (χ0v) is 10.9. The summed E-state index contributed by atoms with van der Waals surface area (Å²) in [5.41, 5.74) is 2.53. The summed E-state index contributed by atoms with van der Waals surface area (Å²) in [7, 11) is 0. The Bertz CT molecular complexity index is 458. The fourth-order valence-corrected chi connectivity index (χ4v) is 2.03. The van der Waals surface area contributed by atoms with Crippen LogP contribution < -0.4 is 0 Å². The van der Waals surface area contributed by atoms with Crippen LogP contribution in [0.3, 0.4) is 0 Å². The van der Waals surface area contributed by atoms with Gasteiger partial charge in [-0.15, -0.1) is 10.1 Å². The molecule has 2 rings (SSSR count). The first-order chi connectivity index (χ1) is 9.65. The number of hydrogen-bond donors (Lipinski definition) is 2. The van der Waals surface area contributed by atoms with Crippen molar-refractivity contribution in [1.29, 1.82) is 0 Å². The SMILES string of the molecule is O=[N+]([O-])O.OCCC(c1ccccc1)c1ccccc1. The van der Waals surface area contributed by atoms with Crippen LogP contribution in [0.25, 0.3) is 0 Å². The van der Waals surface area contributed by atoms with Crippen molar-refractivity contribution in [2.75, 3.05) is 6.61 Å². The second-order valence-electron chi connectivity index (χ2n) is 4.12. The Labute approximate surface area is 117 Å². The van der Waals surface area contributed by atoms with Gasteiger partial charge in [0.2, 0.25) is 0 Å². The first-order valence-electron chi connectivity index (χ1n) is 6.19. The Morgan fingerprint density at radius 3 is 1.60 bits per heavy atom. The fourth-order valence-electron chi connectivity index (χ4n) is 2.03.